The topological polar surface area (TPSA) is 9.23 Å². The molecule has 0 fully saturated rings. The maximum Gasteiger partial charge on any atom is 0.135 e. The van der Waals surface area contributed by atoms with Crippen molar-refractivity contribution >= 4 is 32.3 Å². The summed E-state index contributed by atoms with van der Waals surface area (Å²) in [4.78, 5) is 0. The van der Waals surface area contributed by atoms with Gasteiger partial charge in [0.05, 0.1) is 5.48 Å². The van der Waals surface area contributed by atoms with Gasteiger partial charge in [-0.1, -0.05) is 139 Å². The van der Waals surface area contributed by atoms with Crippen LogP contribution < -0.4 is 4.74 Å². The van der Waals surface area contributed by atoms with Gasteiger partial charge in [-0.25, -0.2) is 0 Å². The van der Waals surface area contributed by atoms with Crippen LogP contribution in [0.2, 0.25) is 0 Å². The van der Waals surface area contributed by atoms with Crippen LogP contribution >= 0.6 is 0 Å². The van der Waals surface area contributed by atoms with Gasteiger partial charge in [-0.3, -0.25) is 0 Å². The third kappa shape index (κ3) is 3.65. The van der Waals surface area contributed by atoms with Gasteiger partial charge in [-0.15, -0.1) is 0 Å². The lowest BCUT2D eigenvalue weighted by atomic mass is 9.83. The van der Waals surface area contributed by atoms with E-state index in [0.717, 1.165) is 88.3 Å². The maximum absolute atomic E-state index is 8.73. The molecule has 1 aliphatic heterocycles. The molecule has 1 heteroatoms. The summed E-state index contributed by atoms with van der Waals surface area (Å²) in [6.07, 6.45) is 0. The first-order valence-electron chi connectivity index (χ1n) is 16.4. The maximum atomic E-state index is 8.73. The summed E-state index contributed by atoms with van der Waals surface area (Å²) in [5.74, 6) is 1.60. The van der Waals surface area contributed by atoms with Gasteiger partial charge < -0.3 is 4.74 Å². The molecule has 43 heavy (non-hydrogen) atoms. The highest BCUT2D eigenvalue weighted by Gasteiger charge is 2.23. The van der Waals surface area contributed by atoms with E-state index in [9.17, 15) is 0 Å². The SMILES string of the molecule is [2H]c1cc2c(-c3ccc4c(c3)-c3cccc5cccc(c35)O4)c3cc([2H])c([2H])cc3c(-c3ccccc3-c3ccccc3)c2cc1[2H]. The quantitative estimate of drug-likeness (QED) is 0.199. The zero-order valence-corrected chi connectivity index (χ0v) is 23.1. The van der Waals surface area contributed by atoms with Crippen molar-refractivity contribution in [2.45, 2.75) is 0 Å². The first-order valence-corrected chi connectivity index (χ1v) is 14.4. The summed E-state index contributed by atoms with van der Waals surface area (Å²) < 4.78 is 41.3. The Morgan fingerprint density at radius 1 is 0.395 bits per heavy atom. The van der Waals surface area contributed by atoms with E-state index < -0.39 is 0 Å². The second-order valence-corrected chi connectivity index (χ2v) is 10.9. The molecule has 0 saturated carbocycles. The van der Waals surface area contributed by atoms with Crippen molar-refractivity contribution in [1.29, 1.82) is 0 Å². The smallest absolute Gasteiger partial charge is 0.135 e. The molecular weight excluding hydrogens is 520 g/mol. The number of hydrogen-bond acceptors (Lipinski definition) is 1. The fourth-order valence-corrected chi connectivity index (χ4v) is 6.78. The molecule has 0 aromatic heterocycles. The van der Waals surface area contributed by atoms with Crippen LogP contribution in [-0.2, 0) is 0 Å². The molecule has 0 atom stereocenters. The third-order valence-corrected chi connectivity index (χ3v) is 8.62. The first-order chi connectivity index (χ1) is 23.0. The minimum atomic E-state index is 0.128. The minimum absolute atomic E-state index is 0.128. The predicted octanol–water partition coefficient (Wildman–Crippen LogP) is 11.9. The zero-order chi connectivity index (χ0) is 31.8. The number of fused-ring (bicyclic) bond motifs is 4. The second kappa shape index (κ2) is 9.44. The summed E-state index contributed by atoms with van der Waals surface area (Å²) in [7, 11) is 0. The van der Waals surface area contributed by atoms with Gasteiger partial charge in [0.2, 0.25) is 0 Å². The number of benzene rings is 8. The fourth-order valence-electron chi connectivity index (χ4n) is 6.78. The van der Waals surface area contributed by atoms with Crippen LogP contribution in [-0.4, -0.2) is 0 Å². The Kier molecular flexibility index (Phi) is 4.45. The standard InChI is InChI=1S/C42H26O/c1-2-12-27(13-3-1)30-16-4-5-17-31(30)42-34-20-8-6-18-32(34)40(33-19-7-9-21-35(33)42)29-24-25-38-37(26-29)36-22-10-14-28-15-11-23-39(43-38)41(28)36/h1-26H/i6D,7D,8D,9D. The van der Waals surface area contributed by atoms with Crippen LogP contribution in [0.4, 0.5) is 0 Å². The van der Waals surface area contributed by atoms with Crippen molar-refractivity contribution in [2.75, 3.05) is 0 Å². The van der Waals surface area contributed by atoms with Crippen LogP contribution in [0.5, 0.6) is 11.5 Å². The molecule has 1 aliphatic rings. The van der Waals surface area contributed by atoms with Crippen molar-refractivity contribution in [3.63, 3.8) is 0 Å². The summed E-state index contributed by atoms with van der Waals surface area (Å²) in [6.45, 7) is 0. The van der Waals surface area contributed by atoms with Crippen molar-refractivity contribution in [1.82, 2.24) is 0 Å². The highest BCUT2D eigenvalue weighted by atomic mass is 16.5. The number of rotatable bonds is 3. The van der Waals surface area contributed by atoms with Crippen LogP contribution in [0.1, 0.15) is 5.48 Å². The van der Waals surface area contributed by atoms with E-state index in [1.54, 1.807) is 24.3 Å². The van der Waals surface area contributed by atoms with E-state index in [4.69, 9.17) is 10.2 Å². The number of ether oxygens (including phenoxy) is 1. The van der Waals surface area contributed by atoms with Crippen LogP contribution in [0.25, 0.3) is 76.8 Å². The Hall–Kier alpha value is -5.66. The highest BCUT2D eigenvalue weighted by molar-refractivity contribution is 6.22. The van der Waals surface area contributed by atoms with E-state index in [-0.39, 0.29) is 24.2 Å². The molecule has 0 unspecified atom stereocenters. The molecule has 8 aromatic carbocycles. The monoisotopic (exact) mass is 550 g/mol. The van der Waals surface area contributed by atoms with E-state index in [2.05, 4.69) is 54.6 Å². The summed E-state index contributed by atoms with van der Waals surface area (Å²) in [6, 6.07) is 44.6. The molecule has 9 rings (SSSR count). The van der Waals surface area contributed by atoms with E-state index in [1.807, 2.05) is 54.6 Å². The van der Waals surface area contributed by atoms with E-state index in [1.165, 1.54) is 0 Å². The molecule has 0 spiro atoms. The molecule has 0 radical (unpaired) electrons. The Labute approximate surface area is 255 Å². The Morgan fingerprint density at radius 2 is 1.00 bits per heavy atom. The third-order valence-electron chi connectivity index (χ3n) is 8.62. The molecular formula is C42H26O. The van der Waals surface area contributed by atoms with Gasteiger partial charge in [0.15, 0.2) is 0 Å². The Morgan fingerprint density at radius 3 is 1.72 bits per heavy atom. The fraction of sp³-hybridized carbons (Fsp3) is 0. The highest BCUT2D eigenvalue weighted by Crippen LogP contribution is 2.50. The summed E-state index contributed by atoms with van der Waals surface area (Å²) >= 11 is 0. The van der Waals surface area contributed by atoms with Gasteiger partial charge in [0.25, 0.3) is 0 Å². The molecule has 1 nitrogen and oxygen atoms in total. The molecule has 0 bridgehead atoms. The first kappa shape index (κ1) is 20.3. The summed E-state index contributed by atoms with van der Waals surface area (Å²) in [5, 5.41) is 5.48. The minimum Gasteiger partial charge on any atom is -0.456 e. The van der Waals surface area contributed by atoms with Crippen LogP contribution in [0, 0.1) is 0 Å². The van der Waals surface area contributed by atoms with Gasteiger partial charge in [-0.05, 0) is 84.1 Å². The van der Waals surface area contributed by atoms with E-state index >= 15 is 0 Å². The van der Waals surface area contributed by atoms with Crippen molar-refractivity contribution in [2.24, 2.45) is 0 Å². The molecule has 1 heterocycles. The Bertz CT molecular complexity index is 2520. The van der Waals surface area contributed by atoms with E-state index in [0.29, 0.717) is 0 Å². The lowest BCUT2D eigenvalue weighted by molar-refractivity contribution is 0.487. The average Bonchev–Trinajstić information content (AvgIpc) is 3.09. The molecule has 0 aliphatic carbocycles. The van der Waals surface area contributed by atoms with Crippen molar-refractivity contribution in [3.8, 4) is 56.0 Å². The lowest BCUT2D eigenvalue weighted by Gasteiger charge is -2.23. The predicted molar refractivity (Wildman–Crippen MR) is 181 cm³/mol. The largest absolute Gasteiger partial charge is 0.456 e. The zero-order valence-electron chi connectivity index (χ0n) is 27.1. The average molecular weight is 551 g/mol. The van der Waals surface area contributed by atoms with Gasteiger partial charge in [0, 0.05) is 10.9 Å². The van der Waals surface area contributed by atoms with Crippen LogP contribution in [0.3, 0.4) is 0 Å². The molecule has 200 valence electrons. The Balaban J connectivity index is 1.41. The molecule has 0 saturated heterocycles. The van der Waals surface area contributed by atoms with Gasteiger partial charge >= 0.3 is 0 Å². The van der Waals surface area contributed by atoms with Gasteiger partial charge in [0.1, 0.15) is 11.5 Å². The second-order valence-electron chi connectivity index (χ2n) is 10.9. The number of hydrogen-bond donors (Lipinski definition) is 0. The molecule has 8 aromatic rings. The van der Waals surface area contributed by atoms with Crippen LogP contribution in [0.15, 0.2) is 158 Å². The molecule has 0 amide bonds. The lowest BCUT2D eigenvalue weighted by Crippen LogP contribution is -1.98. The summed E-state index contributed by atoms with van der Waals surface area (Å²) in [5.41, 5.74) is 7.79. The normalized spacial score (nSPS) is 13.2. The van der Waals surface area contributed by atoms with Crippen molar-refractivity contribution < 1.29 is 10.2 Å². The van der Waals surface area contributed by atoms with Crippen molar-refractivity contribution in [3.05, 3.63) is 158 Å². The molecule has 0 N–H and O–H groups in total. The van der Waals surface area contributed by atoms with Gasteiger partial charge in [-0.2, -0.15) is 0 Å².